The summed E-state index contributed by atoms with van der Waals surface area (Å²) in [5, 5.41) is 14.6. The number of urea groups is 1. The molecule has 0 aromatic heterocycles. The molecule has 0 bridgehead atoms. The lowest BCUT2D eigenvalue weighted by Gasteiger charge is -2.20. The number of amides is 2. The van der Waals surface area contributed by atoms with Crippen LogP contribution in [-0.2, 0) is 0 Å². The summed E-state index contributed by atoms with van der Waals surface area (Å²) in [5.74, 6) is 0. The zero-order valence-corrected chi connectivity index (χ0v) is 12.3. The third-order valence-corrected chi connectivity index (χ3v) is 3.23. The second-order valence-electron chi connectivity index (χ2n) is 4.55. The van der Waals surface area contributed by atoms with Crippen LogP contribution in [0.3, 0.4) is 0 Å². The number of benzene rings is 1. The molecular weight excluding hydrogens is 252 g/mol. The number of rotatable bonds is 6. The number of hydrogen-bond donors (Lipinski definition) is 2. The molecule has 0 aliphatic carbocycles. The van der Waals surface area contributed by atoms with Gasteiger partial charge in [0.2, 0.25) is 0 Å². The molecule has 5 heteroatoms. The van der Waals surface area contributed by atoms with Gasteiger partial charge >= 0.3 is 6.03 Å². The number of carbonyl (C=O) groups excluding carboxylic acids is 1. The Bertz CT molecular complexity index is 481. The molecule has 0 spiro atoms. The van der Waals surface area contributed by atoms with Gasteiger partial charge in [-0.1, -0.05) is 12.1 Å². The van der Waals surface area contributed by atoms with Gasteiger partial charge in [0.05, 0.1) is 12.5 Å². The van der Waals surface area contributed by atoms with Gasteiger partial charge in [-0.3, -0.25) is 0 Å². The molecule has 1 rings (SSSR count). The Balaban J connectivity index is 2.72. The van der Waals surface area contributed by atoms with Crippen molar-refractivity contribution in [2.75, 3.05) is 25.5 Å². The van der Waals surface area contributed by atoms with Crippen LogP contribution in [0.2, 0.25) is 0 Å². The van der Waals surface area contributed by atoms with Crippen LogP contribution < -0.4 is 10.6 Å². The van der Waals surface area contributed by atoms with E-state index in [0.717, 1.165) is 11.3 Å². The van der Waals surface area contributed by atoms with Gasteiger partial charge in [-0.25, -0.2) is 4.79 Å². The van der Waals surface area contributed by atoms with E-state index >= 15 is 0 Å². The normalized spacial score (nSPS) is 11.5. The molecule has 0 saturated heterocycles. The summed E-state index contributed by atoms with van der Waals surface area (Å²) in [4.78, 5) is 13.7. The Kier molecular flexibility index (Phi) is 6.54. The van der Waals surface area contributed by atoms with E-state index in [-0.39, 0.29) is 12.1 Å². The molecule has 1 unspecified atom stereocenters. The number of nitrogens with one attached hydrogen (secondary N) is 2. The standard InChI is InChI=1S/C15H22N4O/c1-4-19(10-6-9-16)15(20)18-14-8-5-7-13(11-14)12(2)17-3/h5,7-8,11-12,17H,4,6,10H2,1-3H3,(H,18,20). The molecule has 1 aromatic carbocycles. The Morgan fingerprint density at radius 3 is 2.85 bits per heavy atom. The van der Waals surface area contributed by atoms with Gasteiger partial charge in [0, 0.05) is 24.8 Å². The highest BCUT2D eigenvalue weighted by molar-refractivity contribution is 5.89. The zero-order chi connectivity index (χ0) is 15.0. The van der Waals surface area contributed by atoms with Crippen LogP contribution in [-0.4, -0.2) is 31.1 Å². The molecule has 108 valence electrons. The summed E-state index contributed by atoms with van der Waals surface area (Å²) in [6, 6.07) is 9.87. The molecule has 0 saturated carbocycles. The third-order valence-electron chi connectivity index (χ3n) is 3.23. The molecule has 0 radical (unpaired) electrons. The van der Waals surface area contributed by atoms with E-state index in [0.29, 0.717) is 19.5 Å². The van der Waals surface area contributed by atoms with E-state index in [1.54, 1.807) is 4.90 Å². The predicted octanol–water partition coefficient (Wildman–Crippen LogP) is 2.73. The lowest BCUT2D eigenvalue weighted by atomic mass is 10.1. The van der Waals surface area contributed by atoms with E-state index in [9.17, 15) is 4.79 Å². The fraction of sp³-hybridized carbons (Fsp3) is 0.467. The molecule has 0 heterocycles. The van der Waals surface area contributed by atoms with Crippen LogP contribution in [0.4, 0.5) is 10.5 Å². The van der Waals surface area contributed by atoms with Crippen molar-refractivity contribution >= 4 is 11.7 Å². The summed E-state index contributed by atoms with van der Waals surface area (Å²) < 4.78 is 0. The smallest absolute Gasteiger partial charge is 0.321 e. The molecule has 5 nitrogen and oxygen atoms in total. The molecule has 2 N–H and O–H groups in total. The Hall–Kier alpha value is -2.06. The molecule has 0 aliphatic rings. The molecular formula is C15H22N4O. The van der Waals surface area contributed by atoms with Gasteiger partial charge < -0.3 is 15.5 Å². The van der Waals surface area contributed by atoms with E-state index in [2.05, 4.69) is 23.6 Å². The molecule has 20 heavy (non-hydrogen) atoms. The summed E-state index contributed by atoms with van der Waals surface area (Å²) >= 11 is 0. The van der Waals surface area contributed by atoms with Crippen molar-refractivity contribution in [2.45, 2.75) is 26.3 Å². The first kappa shape index (κ1) is 16.0. The first-order chi connectivity index (χ1) is 9.62. The van der Waals surface area contributed by atoms with Crippen molar-refractivity contribution < 1.29 is 4.79 Å². The van der Waals surface area contributed by atoms with Crippen molar-refractivity contribution in [1.29, 1.82) is 5.26 Å². The van der Waals surface area contributed by atoms with Crippen LogP contribution in [0.25, 0.3) is 0 Å². The van der Waals surface area contributed by atoms with Gasteiger partial charge in [-0.05, 0) is 38.6 Å². The summed E-state index contributed by atoms with van der Waals surface area (Å²) in [7, 11) is 1.90. The zero-order valence-electron chi connectivity index (χ0n) is 12.3. The minimum Gasteiger partial charge on any atom is -0.324 e. The van der Waals surface area contributed by atoms with Gasteiger partial charge in [0.1, 0.15) is 0 Å². The quantitative estimate of drug-likeness (QED) is 0.838. The van der Waals surface area contributed by atoms with Crippen LogP contribution >= 0.6 is 0 Å². The highest BCUT2D eigenvalue weighted by Crippen LogP contribution is 2.17. The van der Waals surface area contributed by atoms with Crippen LogP contribution in [0, 0.1) is 11.3 Å². The largest absolute Gasteiger partial charge is 0.324 e. The van der Waals surface area contributed by atoms with E-state index in [1.165, 1.54) is 0 Å². The maximum atomic E-state index is 12.1. The lowest BCUT2D eigenvalue weighted by Crippen LogP contribution is -2.35. The highest BCUT2D eigenvalue weighted by Gasteiger charge is 2.11. The number of nitrogens with zero attached hydrogens (tertiary/aromatic N) is 2. The maximum Gasteiger partial charge on any atom is 0.321 e. The van der Waals surface area contributed by atoms with E-state index in [1.807, 2.05) is 38.2 Å². The van der Waals surface area contributed by atoms with Gasteiger partial charge in [-0.2, -0.15) is 5.26 Å². The van der Waals surface area contributed by atoms with Crippen LogP contribution in [0.1, 0.15) is 31.9 Å². The van der Waals surface area contributed by atoms with Crippen molar-refractivity contribution in [3.63, 3.8) is 0 Å². The average molecular weight is 274 g/mol. The number of anilines is 1. The topological polar surface area (TPSA) is 68.2 Å². The summed E-state index contributed by atoms with van der Waals surface area (Å²) in [5.41, 5.74) is 1.88. The highest BCUT2D eigenvalue weighted by atomic mass is 16.2. The van der Waals surface area contributed by atoms with E-state index in [4.69, 9.17) is 5.26 Å². The predicted molar refractivity (Wildman–Crippen MR) is 80.4 cm³/mol. The molecule has 1 atom stereocenters. The van der Waals surface area contributed by atoms with Crippen molar-refractivity contribution in [3.05, 3.63) is 29.8 Å². The van der Waals surface area contributed by atoms with Crippen LogP contribution in [0.5, 0.6) is 0 Å². The molecule has 1 aromatic rings. The molecule has 0 fully saturated rings. The minimum absolute atomic E-state index is 0.169. The number of carbonyl (C=O) groups is 1. The third kappa shape index (κ3) is 4.56. The first-order valence-electron chi connectivity index (χ1n) is 6.82. The Labute approximate surface area is 120 Å². The van der Waals surface area contributed by atoms with Crippen molar-refractivity contribution in [3.8, 4) is 6.07 Å². The Morgan fingerprint density at radius 1 is 1.50 bits per heavy atom. The second kappa shape index (κ2) is 8.18. The maximum absolute atomic E-state index is 12.1. The summed E-state index contributed by atoms with van der Waals surface area (Å²) in [6.07, 6.45) is 0.345. The van der Waals surface area contributed by atoms with Crippen LogP contribution in [0.15, 0.2) is 24.3 Å². The van der Waals surface area contributed by atoms with Crippen molar-refractivity contribution in [2.24, 2.45) is 0 Å². The fourth-order valence-electron chi connectivity index (χ4n) is 1.84. The lowest BCUT2D eigenvalue weighted by molar-refractivity contribution is 0.215. The average Bonchev–Trinajstić information content (AvgIpc) is 2.47. The monoisotopic (exact) mass is 274 g/mol. The molecule has 2 amide bonds. The Morgan fingerprint density at radius 2 is 2.25 bits per heavy atom. The molecule has 0 aliphatic heterocycles. The first-order valence-corrected chi connectivity index (χ1v) is 6.82. The number of nitriles is 1. The van der Waals surface area contributed by atoms with Gasteiger partial charge in [0.15, 0.2) is 0 Å². The minimum atomic E-state index is -0.169. The number of hydrogen-bond acceptors (Lipinski definition) is 3. The second-order valence-corrected chi connectivity index (χ2v) is 4.55. The fourth-order valence-corrected chi connectivity index (χ4v) is 1.84. The van der Waals surface area contributed by atoms with Gasteiger partial charge in [0.25, 0.3) is 0 Å². The van der Waals surface area contributed by atoms with E-state index < -0.39 is 0 Å². The van der Waals surface area contributed by atoms with Crippen molar-refractivity contribution in [1.82, 2.24) is 10.2 Å². The van der Waals surface area contributed by atoms with Gasteiger partial charge in [-0.15, -0.1) is 0 Å². The SMILES string of the molecule is CCN(CCC#N)C(=O)Nc1cccc(C(C)NC)c1. The summed E-state index contributed by atoms with van der Waals surface area (Å²) in [6.45, 7) is 4.99.